The third-order valence-electron chi connectivity index (χ3n) is 3.30. The molecule has 2 N–H and O–H groups in total. The van der Waals surface area contributed by atoms with Gasteiger partial charge in [-0.3, -0.25) is 4.98 Å². The molecule has 0 saturated carbocycles. The van der Waals surface area contributed by atoms with E-state index in [1.165, 1.54) is 0 Å². The summed E-state index contributed by atoms with van der Waals surface area (Å²) < 4.78 is 0. The summed E-state index contributed by atoms with van der Waals surface area (Å²) in [6, 6.07) is 9.78. The molecule has 2 aromatic rings. The van der Waals surface area contributed by atoms with Crippen LogP contribution in [0.1, 0.15) is 25.8 Å². The van der Waals surface area contributed by atoms with Gasteiger partial charge in [0.1, 0.15) is 6.07 Å². The lowest BCUT2D eigenvalue weighted by Gasteiger charge is -2.23. The lowest BCUT2D eigenvalue weighted by molar-refractivity contribution is 0.0698. The van der Waals surface area contributed by atoms with Gasteiger partial charge in [-0.2, -0.15) is 5.26 Å². The van der Waals surface area contributed by atoms with Gasteiger partial charge in [0, 0.05) is 18.1 Å². The van der Waals surface area contributed by atoms with E-state index in [0.717, 1.165) is 16.6 Å². The van der Waals surface area contributed by atoms with E-state index >= 15 is 0 Å². The van der Waals surface area contributed by atoms with Gasteiger partial charge < -0.3 is 10.4 Å². The fourth-order valence-corrected chi connectivity index (χ4v) is 1.82. The second-order valence-corrected chi connectivity index (χ2v) is 4.88. The van der Waals surface area contributed by atoms with Gasteiger partial charge >= 0.3 is 0 Å². The minimum Gasteiger partial charge on any atom is -0.388 e. The molecular weight excluding hydrogens is 238 g/mol. The molecule has 0 fully saturated rings. The highest BCUT2D eigenvalue weighted by Crippen LogP contribution is 2.26. The highest BCUT2D eigenvalue weighted by atomic mass is 16.3. The van der Waals surface area contributed by atoms with Crippen LogP contribution in [0.25, 0.3) is 10.9 Å². The van der Waals surface area contributed by atoms with Crippen molar-refractivity contribution in [2.45, 2.75) is 25.9 Å². The molecule has 1 aromatic heterocycles. The monoisotopic (exact) mass is 255 g/mol. The summed E-state index contributed by atoms with van der Waals surface area (Å²) in [5.74, 6) is 0. The summed E-state index contributed by atoms with van der Waals surface area (Å²) in [5.41, 5.74) is 1.27. The molecule has 1 aromatic carbocycles. The van der Waals surface area contributed by atoms with E-state index in [4.69, 9.17) is 0 Å². The predicted molar refractivity (Wildman–Crippen MR) is 75.9 cm³/mol. The molecule has 0 saturated heterocycles. The number of aliphatic hydroxyl groups is 1. The Hall–Kier alpha value is -2.12. The number of hydrogen-bond donors (Lipinski definition) is 2. The van der Waals surface area contributed by atoms with Gasteiger partial charge in [0.2, 0.25) is 0 Å². The van der Waals surface area contributed by atoms with Gasteiger partial charge in [0.05, 0.1) is 22.4 Å². The molecule has 19 heavy (non-hydrogen) atoms. The predicted octanol–water partition coefficient (Wildman–Crippen LogP) is 2.68. The highest BCUT2D eigenvalue weighted by Gasteiger charge is 2.18. The van der Waals surface area contributed by atoms with E-state index in [2.05, 4.69) is 16.4 Å². The van der Waals surface area contributed by atoms with Crippen molar-refractivity contribution in [3.63, 3.8) is 0 Å². The van der Waals surface area contributed by atoms with E-state index in [-0.39, 0.29) is 0 Å². The van der Waals surface area contributed by atoms with E-state index in [0.29, 0.717) is 18.5 Å². The van der Waals surface area contributed by atoms with Crippen LogP contribution >= 0.6 is 0 Å². The second-order valence-electron chi connectivity index (χ2n) is 4.88. The zero-order valence-electron chi connectivity index (χ0n) is 11.1. The van der Waals surface area contributed by atoms with Gasteiger partial charge in [0.15, 0.2) is 0 Å². The Labute approximate surface area is 112 Å². The van der Waals surface area contributed by atoms with Crippen LogP contribution in [0.15, 0.2) is 30.5 Å². The number of pyridine rings is 1. The number of nitrogens with one attached hydrogen (secondary N) is 1. The van der Waals surface area contributed by atoms with Crippen molar-refractivity contribution in [3.05, 3.63) is 36.0 Å². The summed E-state index contributed by atoms with van der Waals surface area (Å²) in [5, 5.41) is 23.3. The van der Waals surface area contributed by atoms with E-state index in [9.17, 15) is 10.4 Å². The molecule has 0 aliphatic rings. The first kappa shape index (κ1) is 13.3. The number of fused-ring (bicyclic) bond motifs is 1. The van der Waals surface area contributed by atoms with Crippen molar-refractivity contribution in [3.8, 4) is 6.07 Å². The first-order chi connectivity index (χ1) is 9.07. The van der Waals surface area contributed by atoms with Crippen molar-refractivity contribution < 1.29 is 5.11 Å². The standard InChI is InChI=1S/C15H17N3O/c1-3-15(2,19)10-18-14-11(8-16)9-17-13-7-5-4-6-12(13)14/h4-7,9,19H,3,10H2,1-2H3,(H,17,18). The lowest BCUT2D eigenvalue weighted by atomic mass is 10.0. The molecule has 0 aliphatic carbocycles. The van der Waals surface area contributed by atoms with Crippen LogP contribution in [0.5, 0.6) is 0 Å². The van der Waals surface area contributed by atoms with Crippen LogP contribution in [-0.4, -0.2) is 22.2 Å². The normalized spacial score (nSPS) is 13.8. The van der Waals surface area contributed by atoms with E-state index in [1.807, 2.05) is 31.2 Å². The Morgan fingerprint density at radius 1 is 1.42 bits per heavy atom. The molecule has 2 rings (SSSR count). The third kappa shape index (κ3) is 2.83. The van der Waals surface area contributed by atoms with E-state index < -0.39 is 5.60 Å². The Balaban J connectivity index is 2.43. The van der Waals surface area contributed by atoms with Crippen LogP contribution in [0.3, 0.4) is 0 Å². The summed E-state index contributed by atoms with van der Waals surface area (Å²) >= 11 is 0. The Kier molecular flexibility index (Phi) is 3.68. The zero-order chi connectivity index (χ0) is 13.9. The van der Waals surface area contributed by atoms with Gasteiger partial charge in [-0.05, 0) is 19.4 Å². The number of anilines is 1. The molecular formula is C15H17N3O. The van der Waals surface area contributed by atoms with Gasteiger partial charge in [-0.25, -0.2) is 0 Å². The smallest absolute Gasteiger partial charge is 0.103 e. The number of aromatic nitrogens is 1. The minimum atomic E-state index is -0.795. The largest absolute Gasteiger partial charge is 0.388 e. The first-order valence-corrected chi connectivity index (χ1v) is 6.31. The number of hydrogen-bond acceptors (Lipinski definition) is 4. The van der Waals surface area contributed by atoms with Crippen LogP contribution in [0.2, 0.25) is 0 Å². The Morgan fingerprint density at radius 2 is 2.16 bits per heavy atom. The summed E-state index contributed by atoms with van der Waals surface area (Å²) in [6.07, 6.45) is 2.20. The number of para-hydroxylation sites is 1. The van der Waals surface area contributed by atoms with Crippen molar-refractivity contribution in [2.75, 3.05) is 11.9 Å². The maximum absolute atomic E-state index is 10.1. The number of nitriles is 1. The topological polar surface area (TPSA) is 68.9 Å². The quantitative estimate of drug-likeness (QED) is 0.881. The fraction of sp³-hybridized carbons (Fsp3) is 0.333. The molecule has 4 nitrogen and oxygen atoms in total. The average molecular weight is 255 g/mol. The lowest BCUT2D eigenvalue weighted by Crippen LogP contribution is -2.32. The maximum Gasteiger partial charge on any atom is 0.103 e. The summed E-state index contributed by atoms with van der Waals surface area (Å²) in [4.78, 5) is 4.25. The number of rotatable bonds is 4. The molecule has 1 heterocycles. The maximum atomic E-state index is 10.1. The van der Waals surface area contributed by atoms with Crippen LogP contribution in [-0.2, 0) is 0 Å². The minimum absolute atomic E-state index is 0.395. The summed E-state index contributed by atoms with van der Waals surface area (Å²) in [6.45, 7) is 4.10. The Bertz CT molecular complexity index is 629. The van der Waals surface area contributed by atoms with Gasteiger partial charge in [-0.1, -0.05) is 25.1 Å². The van der Waals surface area contributed by atoms with Gasteiger partial charge in [-0.15, -0.1) is 0 Å². The van der Waals surface area contributed by atoms with Crippen molar-refractivity contribution >= 4 is 16.6 Å². The molecule has 98 valence electrons. The van der Waals surface area contributed by atoms with E-state index in [1.54, 1.807) is 13.1 Å². The zero-order valence-corrected chi connectivity index (χ0v) is 11.1. The van der Waals surface area contributed by atoms with Crippen molar-refractivity contribution in [2.24, 2.45) is 0 Å². The molecule has 4 heteroatoms. The SMILES string of the molecule is CCC(C)(O)CNc1c(C#N)cnc2ccccc12. The van der Waals surface area contributed by atoms with Crippen molar-refractivity contribution in [1.82, 2.24) is 4.98 Å². The number of nitrogens with zero attached hydrogens (tertiary/aromatic N) is 2. The van der Waals surface area contributed by atoms with Crippen molar-refractivity contribution in [1.29, 1.82) is 5.26 Å². The molecule has 0 spiro atoms. The number of benzene rings is 1. The van der Waals surface area contributed by atoms with Gasteiger partial charge in [0.25, 0.3) is 0 Å². The molecule has 1 atom stereocenters. The average Bonchev–Trinajstić information content (AvgIpc) is 2.44. The summed E-state index contributed by atoms with van der Waals surface area (Å²) in [7, 11) is 0. The third-order valence-corrected chi connectivity index (χ3v) is 3.30. The molecule has 1 unspecified atom stereocenters. The molecule has 0 amide bonds. The first-order valence-electron chi connectivity index (χ1n) is 6.31. The highest BCUT2D eigenvalue weighted by molar-refractivity contribution is 5.93. The molecule has 0 radical (unpaired) electrons. The molecule has 0 bridgehead atoms. The second kappa shape index (κ2) is 5.25. The fourth-order valence-electron chi connectivity index (χ4n) is 1.82. The Morgan fingerprint density at radius 3 is 2.84 bits per heavy atom. The van der Waals surface area contributed by atoms with Crippen LogP contribution in [0, 0.1) is 11.3 Å². The van der Waals surface area contributed by atoms with Crippen LogP contribution < -0.4 is 5.32 Å². The molecule has 0 aliphatic heterocycles. The van der Waals surface area contributed by atoms with Crippen LogP contribution in [0.4, 0.5) is 5.69 Å².